The molecule has 6 nitrogen and oxygen atoms in total. The molecule has 0 spiro atoms. The second-order valence-corrected chi connectivity index (χ2v) is 7.55. The Bertz CT molecular complexity index is 1390. The van der Waals surface area contributed by atoms with E-state index in [1.54, 1.807) is 18.6 Å². The van der Waals surface area contributed by atoms with Gasteiger partial charge in [0, 0.05) is 35.5 Å². The topological polar surface area (TPSA) is 80.9 Å². The van der Waals surface area contributed by atoms with Gasteiger partial charge in [-0.2, -0.15) is 0 Å². The van der Waals surface area contributed by atoms with Gasteiger partial charge in [-0.3, -0.25) is 14.8 Å². The average molecular weight is 420 g/mol. The van der Waals surface area contributed by atoms with Gasteiger partial charge in [0.25, 0.3) is 0 Å². The molecule has 0 aliphatic carbocycles. The summed E-state index contributed by atoms with van der Waals surface area (Å²) in [5.74, 6) is 0.447. The molecule has 3 heterocycles. The van der Waals surface area contributed by atoms with Crippen molar-refractivity contribution in [2.24, 2.45) is 0 Å². The first kappa shape index (κ1) is 19.6. The fraction of sp³-hybridized carbons (Fsp3) is 0.0769. The SMILES string of the molecule is Cc1cc(-c2ccc(NC(=O)Cc3ccc4oc(-c5ccncc5)nc4c3)cc2)ccn1. The highest BCUT2D eigenvalue weighted by molar-refractivity contribution is 5.93. The maximum absolute atomic E-state index is 12.6. The molecule has 5 aromatic rings. The summed E-state index contributed by atoms with van der Waals surface area (Å²) in [6.45, 7) is 1.97. The number of carbonyl (C=O) groups excluding carboxylic acids is 1. The largest absolute Gasteiger partial charge is 0.436 e. The molecule has 6 heteroatoms. The third-order valence-electron chi connectivity index (χ3n) is 5.14. The van der Waals surface area contributed by atoms with Crippen molar-refractivity contribution < 1.29 is 9.21 Å². The van der Waals surface area contributed by atoms with E-state index in [2.05, 4.69) is 20.3 Å². The predicted molar refractivity (Wildman–Crippen MR) is 124 cm³/mol. The molecule has 0 bridgehead atoms. The summed E-state index contributed by atoms with van der Waals surface area (Å²) in [6, 6.07) is 21.1. The Labute approximate surface area is 185 Å². The van der Waals surface area contributed by atoms with E-state index in [0.717, 1.165) is 39.2 Å². The quantitative estimate of drug-likeness (QED) is 0.409. The molecule has 1 N–H and O–H groups in total. The van der Waals surface area contributed by atoms with Crippen LogP contribution in [0.15, 0.2) is 89.7 Å². The third kappa shape index (κ3) is 4.25. The highest BCUT2D eigenvalue weighted by atomic mass is 16.3. The van der Waals surface area contributed by atoms with E-state index in [9.17, 15) is 4.79 Å². The number of pyridine rings is 2. The van der Waals surface area contributed by atoms with Crippen LogP contribution in [0.1, 0.15) is 11.3 Å². The van der Waals surface area contributed by atoms with Gasteiger partial charge in [-0.1, -0.05) is 18.2 Å². The fourth-order valence-corrected chi connectivity index (χ4v) is 3.56. The number of hydrogen-bond acceptors (Lipinski definition) is 5. The lowest BCUT2D eigenvalue weighted by atomic mass is 10.1. The zero-order valence-corrected chi connectivity index (χ0v) is 17.4. The van der Waals surface area contributed by atoms with Gasteiger partial charge in [0.1, 0.15) is 5.52 Å². The number of oxazole rings is 1. The molecular weight excluding hydrogens is 400 g/mol. The fourth-order valence-electron chi connectivity index (χ4n) is 3.56. The molecule has 0 aliphatic rings. The van der Waals surface area contributed by atoms with Gasteiger partial charge in [-0.05, 0) is 72.1 Å². The Balaban J connectivity index is 1.27. The van der Waals surface area contributed by atoms with Crippen molar-refractivity contribution >= 4 is 22.7 Å². The van der Waals surface area contributed by atoms with E-state index in [-0.39, 0.29) is 12.3 Å². The molecule has 0 saturated heterocycles. The van der Waals surface area contributed by atoms with Crippen LogP contribution in [0.3, 0.4) is 0 Å². The summed E-state index contributed by atoms with van der Waals surface area (Å²) in [5, 5.41) is 2.96. The first-order chi connectivity index (χ1) is 15.6. The van der Waals surface area contributed by atoms with Gasteiger partial charge in [0.15, 0.2) is 5.58 Å². The molecule has 156 valence electrons. The summed E-state index contributed by atoms with van der Waals surface area (Å²) in [4.78, 5) is 25.4. The third-order valence-corrected chi connectivity index (χ3v) is 5.14. The van der Waals surface area contributed by atoms with Gasteiger partial charge in [0.05, 0.1) is 6.42 Å². The first-order valence-electron chi connectivity index (χ1n) is 10.3. The van der Waals surface area contributed by atoms with Crippen molar-refractivity contribution in [2.45, 2.75) is 13.3 Å². The molecule has 5 rings (SSSR count). The lowest BCUT2D eigenvalue weighted by molar-refractivity contribution is -0.115. The zero-order valence-electron chi connectivity index (χ0n) is 17.4. The molecule has 0 atom stereocenters. The molecule has 32 heavy (non-hydrogen) atoms. The number of aromatic nitrogens is 3. The standard InChI is InChI=1S/C26H20N4O2/c1-17-14-21(10-13-28-17)19-3-5-22(6-4-19)29-25(31)16-18-2-7-24-23(15-18)30-26(32-24)20-8-11-27-12-9-20/h2-15H,16H2,1H3,(H,29,31). The van der Waals surface area contributed by atoms with E-state index in [1.807, 2.05) is 73.7 Å². The molecule has 1 amide bonds. The number of hydrogen-bond donors (Lipinski definition) is 1. The van der Waals surface area contributed by atoms with Crippen molar-refractivity contribution in [2.75, 3.05) is 5.32 Å². The summed E-state index contributed by atoms with van der Waals surface area (Å²) in [5.41, 5.74) is 7.04. The van der Waals surface area contributed by atoms with Crippen LogP contribution in [-0.2, 0) is 11.2 Å². The van der Waals surface area contributed by atoms with Crippen LogP contribution in [0.25, 0.3) is 33.7 Å². The van der Waals surface area contributed by atoms with Crippen molar-refractivity contribution in [3.63, 3.8) is 0 Å². The molecule has 0 saturated carbocycles. The van der Waals surface area contributed by atoms with Crippen LogP contribution in [0.5, 0.6) is 0 Å². The Morgan fingerprint density at radius 2 is 1.66 bits per heavy atom. The number of nitrogens with zero attached hydrogens (tertiary/aromatic N) is 3. The van der Waals surface area contributed by atoms with Crippen molar-refractivity contribution in [1.82, 2.24) is 15.0 Å². The van der Waals surface area contributed by atoms with Crippen LogP contribution in [0.4, 0.5) is 5.69 Å². The second-order valence-electron chi connectivity index (χ2n) is 7.55. The van der Waals surface area contributed by atoms with E-state index >= 15 is 0 Å². The number of amides is 1. The highest BCUT2D eigenvalue weighted by Crippen LogP contribution is 2.25. The molecule has 0 fully saturated rings. The number of anilines is 1. The minimum absolute atomic E-state index is 0.0882. The second kappa shape index (κ2) is 8.43. The van der Waals surface area contributed by atoms with E-state index in [1.165, 1.54) is 0 Å². The molecular formula is C26H20N4O2. The molecule has 3 aromatic heterocycles. The summed E-state index contributed by atoms with van der Waals surface area (Å²) in [7, 11) is 0. The number of nitrogens with one attached hydrogen (secondary N) is 1. The van der Waals surface area contributed by atoms with Crippen LogP contribution in [0, 0.1) is 6.92 Å². The van der Waals surface area contributed by atoms with E-state index in [4.69, 9.17) is 4.42 Å². The number of rotatable bonds is 5. The van der Waals surface area contributed by atoms with Crippen LogP contribution in [-0.4, -0.2) is 20.9 Å². The van der Waals surface area contributed by atoms with Gasteiger partial charge in [0.2, 0.25) is 11.8 Å². The molecule has 0 radical (unpaired) electrons. The van der Waals surface area contributed by atoms with E-state index < -0.39 is 0 Å². The molecule has 0 aliphatic heterocycles. The maximum atomic E-state index is 12.6. The lowest BCUT2D eigenvalue weighted by Crippen LogP contribution is -2.14. The number of benzene rings is 2. The Morgan fingerprint density at radius 1 is 0.875 bits per heavy atom. The Morgan fingerprint density at radius 3 is 2.44 bits per heavy atom. The highest BCUT2D eigenvalue weighted by Gasteiger charge is 2.11. The predicted octanol–water partition coefficient (Wildman–Crippen LogP) is 5.44. The van der Waals surface area contributed by atoms with Crippen molar-refractivity contribution in [3.8, 4) is 22.6 Å². The Kier molecular flexibility index (Phi) is 5.17. The zero-order chi connectivity index (χ0) is 21.9. The van der Waals surface area contributed by atoms with Gasteiger partial charge in [-0.25, -0.2) is 4.98 Å². The van der Waals surface area contributed by atoms with Gasteiger partial charge in [-0.15, -0.1) is 0 Å². The van der Waals surface area contributed by atoms with Gasteiger partial charge < -0.3 is 9.73 Å². The Hall–Kier alpha value is -4.32. The minimum atomic E-state index is -0.0882. The van der Waals surface area contributed by atoms with Crippen LogP contribution >= 0.6 is 0 Å². The first-order valence-corrected chi connectivity index (χ1v) is 10.3. The maximum Gasteiger partial charge on any atom is 0.228 e. The normalized spacial score (nSPS) is 10.9. The monoisotopic (exact) mass is 420 g/mol. The number of fused-ring (bicyclic) bond motifs is 1. The summed E-state index contributed by atoms with van der Waals surface area (Å²) >= 11 is 0. The van der Waals surface area contributed by atoms with Gasteiger partial charge >= 0.3 is 0 Å². The molecule has 2 aromatic carbocycles. The van der Waals surface area contributed by atoms with E-state index in [0.29, 0.717) is 11.5 Å². The average Bonchev–Trinajstić information content (AvgIpc) is 3.24. The summed E-state index contributed by atoms with van der Waals surface area (Å²) in [6.07, 6.45) is 5.44. The van der Waals surface area contributed by atoms with Crippen molar-refractivity contribution in [3.05, 3.63) is 96.6 Å². The van der Waals surface area contributed by atoms with Crippen LogP contribution in [0.2, 0.25) is 0 Å². The summed E-state index contributed by atoms with van der Waals surface area (Å²) < 4.78 is 5.82. The van der Waals surface area contributed by atoms with Crippen LogP contribution < -0.4 is 5.32 Å². The smallest absolute Gasteiger partial charge is 0.228 e. The lowest BCUT2D eigenvalue weighted by Gasteiger charge is -2.07. The number of aryl methyl sites for hydroxylation is 1. The minimum Gasteiger partial charge on any atom is -0.436 e. The number of carbonyl (C=O) groups is 1. The molecule has 0 unspecified atom stereocenters. The van der Waals surface area contributed by atoms with Crippen molar-refractivity contribution in [1.29, 1.82) is 0 Å².